The Bertz CT molecular complexity index is 1030. The molecule has 0 radical (unpaired) electrons. The van der Waals surface area contributed by atoms with E-state index in [9.17, 15) is 9.59 Å². The lowest BCUT2D eigenvalue weighted by Crippen LogP contribution is -2.13. The molecule has 0 unspecified atom stereocenters. The van der Waals surface area contributed by atoms with Gasteiger partial charge < -0.3 is 15.2 Å². The summed E-state index contributed by atoms with van der Waals surface area (Å²) in [7, 11) is 0. The maximum atomic E-state index is 12.8. The summed E-state index contributed by atoms with van der Waals surface area (Å²) in [5.74, 6) is -0.721. The zero-order chi connectivity index (χ0) is 20.3. The Kier molecular flexibility index (Phi) is 5.87. The molecule has 3 aromatic carbocycles. The predicted octanol–water partition coefficient (Wildman–Crippen LogP) is 6.04. The number of carboxylic acids is 1. The highest BCUT2D eigenvalue weighted by Gasteiger charge is 2.17. The number of rotatable bonds is 5. The molecule has 0 spiro atoms. The summed E-state index contributed by atoms with van der Waals surface area (Å²) in [5, 5.41) is 12.1. The summed E-state index contributed by atoms with van der Waals surface area (Å²) in [6, 6.07) is 16.0. The first-order chi connectivity index (χ1) is 13.3. The van der Waals surface area contributed by atoms with Crippen LogP contribution in [0, 0.1) is 6.92 Å². The first kappa shape index (κ1) is 19.7. The molecular formula is C21H15Cl2NO4. The number of nitrogens with one attached hydrogen (secondary N) is 1. The normalized spacial score (nSPS) is 10.4. The number of halogens is 2. The molecule has 0 aliphatic rings. The minimum atomic E-state index is -1.05. The van der Waals surface area contributed by atoms with Crippen molar-refractivity contribution in [2.45, 2.75) is 6.92 Å². The standard InChI is InChI=1S/C21H15Cl2NO4/c1-12-2-8-15(9-3-12)28-19-11-18(23)17(22)10-16(19)20(25)24-14-6-4-13(5-7-14)21(26)27/h2-11H,1H3,(H,24,25)(H,26,27). The largest absolute Gasteiger partial charge is 0.478 e. The molecule has 3 aromatic rings. The number of ether oxygens (including phenoxy) is 1. The van der Waals surface area contributed by atoms with Crippen LogP contribution in [0.4, 0.5) is 5.69 Å². The molecule has 142 valence electrons. The molecule has 0 aliphatic carbocycles. The van der Waals surface area contributed by atoms with Gasteiger partial charge in [-0.1, -0.05) is 40.9 Å². The molecule has 7 heteroatoms. The quantitative estimate of drug-likeness (QED) is 0.531. The number of carbonyl (C=O) groups excluding carboxylic acids is 1. The third-order valence-electron chi connectivity index (χ3n) is 3.91. The van der Waals surface area contributed by atoms with Crippen molar-refractivity contribution in [1.29, 1.82) is 0 Å². The van der Waals surface area contributed by atoms with Gasteiger partial charge in [0.1, 0.15) is 11.5 Å². The first-order valence-corrected chi connectivity index (χ1v) is 8.97. The Morgan fingerprint density at radius 2 is 1.54 bits per heavy atom. The average Bonchev–Trinajstić information content (AvgIpc) is 2.66. The molecule has 2 N–H and O–H groups in total. The van der Waals surface area contributed by atoms with E-state index in [1.165, 1.54) is 36.4 Å². The van der Waals surface area contributed by atoms with E-state index in [2.05, 4.69) is 5.32 Å². The van der Waals surface area contributed by atoms with Crippen LogP contribution in [0.1, 0.15) is 26.3 Å². The number of hydrogen-bond donors (Lipinski definition) is 2. The van der Waals surface area contributed by atoms with Crippen molar-refractivity contribution < 1.29 is 19.4 Å². The third kappa shape index (κ3) is 4.63. The summed E-state index contributed by atoms with van der Waals surface area (Å²) < 4.78 is 5.83. The number of aromatic carboxylic acids is 1. The smallest absolute Gasteiger partial charge is 0.335 e. The van der Waals surface area contributed by atoms with Crippen LogP contribution >= 0.6 is 23.2 Å². The van der Waals surface area contributed by atoms with Gasteiger partial charge in [0.2, 0.25) is 0 Å². The fourth-order valence-electron chi connectivity index (χ4n) is 2.42. The van der Waals surface area contributed by atoms with E-state index in [0.29, 0.717) is 11.4 Å². The summed E-state index contributed by atoms with van der Waals surface area (Å²) in [6.45, 7) is 1.96. The molecule has 0 aliphatic heterocycles. The molecule has 5 nitrogen and oxygen atoms in total. The molecule has 0 fully saturated rings. The van der Waals surface area contributed by atoms with E-state index in [4.69, 9.17) is 33.0 Å². The number of benzene rings is 3. The van der Waals surface area contributed by atoms with Crippen LogP contribution in [0.25, 0.3) is 0 Å². The van der Waals surface area contributed by atoms with Gasteiger partial charge in [0.15, 0.2) is 0 Å². The molecule has 0 saturated carbocycles. The molecular weight excluding hydrogens is 401 g/mol. The lowest BCUT2D eigenvalue weighted by atomic mass is 10.1. The fourth-order valence-corrected chi connectivity index (χ4v) is 2.74. The number of amides is 1. The minimum absolute atomic E-state index is 0.121. The number of anilines is 1. The van der Waals surface area contributed by atoms with Crippen molar-refractivity contribution in [2.75, 3.05) is 5.32 Å². The summed E-state index contributed by atoms with van der Waals surface area (Å²) >= 11 is 12.2. The van der Waals surface area contributed by atoms with Gasteiger partial charge in [-0.3, -0.25) is 4.79 Å². The van der Waals surface area contributed by atoms with Crippen LogP contribution in [-0.2, 0) is 0 Å². The third-order valence-corrected chi connectivity index (χ3v) is 4.63. The molecule has 0 saturated heterocycles. The maximum absolute atomic E-state index is 12.8. The Morgan fingerprint density at radius 1 is 0.929 bits per heavy atom. The van der Waals surface area contributed by atoms with E-state index in [1.807, 2.05) is 19.1 Å². The van der Waals surface area contributed by atoms with Crippen molar-refractivity contribution in [1.82, 2.24) is 0 Å². The summed E-state index contributed by atoms with van der Waals surface area (Å²) in [4.78, 5) is 23.7. The number of carboxylic acid groups (broad SMARTS) is 1. The number of hydrogen-bond acceptors (Lipinski definition) is 3. The van der Waals surface area contributed by atoms with Crippen LogP contribution in [0.5, 0.6) is 11.5 Å². The second kappa shape index (κ2) is 8.33. The molecule has 28 heavy (non-hydrogen) atoms. The summed E-state index contributed by atoms with van der Waals surface area (Å²) in [6.07, 6.45) is 0. The van der Waals surface area contributed by atoms with Crippen LogP contribution in [-0.4, -0.2) is 17.0 Å². The van der Waals surface area contributed by atoms with E-state index >= 15 is 0 Å². The van der Waals surface area contributed by atoms with Crippen LogP contribution in [0.2, 0.25) is 10.0 Å². The van der Waals surface area contributed by atoms with Gasteiger partial charge in [0.25, 0.3) is 5.91 Å². The highest BCUT2D eigenvalue weighted by molar-refractivity contribution is 6.42. The average molecular weight is 416 g/mol. The van der Waals surface area contributed by atoms with Crippen LogP contribution < -0.4 is 10.1 Å². The highest BCUT2D eigenvalue weighted by atomic mass is 35.5. The van der Waals surface area contributed by atoms with E-state index < -0.39 is 11.9 Å². The lowest BCUT2D eigenvalue weighted by Gasteiger charge is -2.13. The zero-order valence-corrected chi connectivity index (χ0v) is 16.2. The van der Waals surface area contributed by atoms with Gasteiger partial charge in [-0.05, 0) is 49.4 Å². The second-order valence-corrected chi connectivity index (χ2v) is 6.83. The van der Waals surface area contributed by atoms with Gasteiger partial charge >= 0.3 is 5.97 Å². The topological polar surface area (TPSA) is 75.6 Å². The van der Waals surface area contributed by atoms with Gasteiger partial charge in [-0.2, -0.15) is 0 Å². The van der Waals surface area contributed by atoms with E-state index in [-0.39, 0.29) is 26.9 Å². The molecule has 3 rings (SSSR count). The summed E-state index contributed by atoms with van der Waals surface area (Å²) in [5.41, 5.74) is 1.82. The Hall–Kier alpha value is -3.02. The minimum Gasteiger partial charge on any atom is -0.478 e. The van der Waals surface area contributed by atoms with Crippen molar-refractivity contribution in [2.24, 2.45) is 0 Å². The van der Waals surface area contributed by atoms with Crippen LogP contribution in [0.15, 0.2) is 60.7 Å². The molecule has 0 atom stereocenters. The fraction of sp³-hybridized carbons (Fsp3) is 0.0476. The SMILES string of the molecule is Cc1ccc(Oc2cc(Cl)c(Cl)cc2C(=O)Nc2ccc(C(=O)O)cc2)cc1. The van der Waals surface area contributed by atoms with Gasteiger partial charge in [-0.15, -0.1) is 0 Å². The molecule has 1 amide bonds. The number of aryl methyl sites for hydroxylation is 1. The van der Waals surface area contributed by atoms with Crippen molar-refractivity contribution in [3.8, 4) is 11.5 Å². The Labute approximate surface area is 171 Å². The monoisotopic (exact) mass is 415 g/mol. The van der Waals surface area contributed by atoms with Crippen LogP contribution in [0.3, 0.4) is 0 Å². The van der Waals surface area contributed by atoms with Gasteiger partial charge in [0, 0.05) is 11.8 Å². The second-order valence-electron chi connectivity index (χ2n) is 6.01. The van der Waals surface area contributed by atoms with Gasteiger partial charge in [-0.25, -0.2) is 4.79 Å². The molecule has 0 aromatic heterocycles. The van der Waals surface area contributed by atoms with Crippen molar-refractivity contribution in [3.05, 3.63) is 87.4 Å². The van der Waals surface area contributed by atoms with Crippen molar-refractivity contribution >= 4 is 40.8 Å². The maximum Gasteiger partial charge on any atom is 0.335 e. The van der Waals surface area contributed by atoms with Gasteiger partial charge in [0.05, 0.1) is 21.2 Å². The number of carbonyl (C=O) groups is 2. The lowest BCUT2D eigenvalue weighted by molar-refractivity contribution is 0.0696. The first-order valence-electron chi connectivity index (χ1n) is 8.22. The van der Waals surface area contributed by atoms with Crippen molar-refractivity contribution in [3.63, 3.8) is 0 Å². The molecule has 0 heterocycles. The van der Waals surface area contributed by atoms with E-state index in [0.717, 1.165) is 5.56 Å². The molecule has 0 bridgehead atoms. The predicted molar refractivity (Wildman–Crippen MR) is 109 cm³/mol. The Morgan fingerprint density at radius 3 is 2.14 bits per heavy atom. The Balaban J connectivity index is 1.88. The zero-order valence-electron chi connectivity index (χ0n) is 14.7. The highest BCUT2D eigenvalue weighted by Crippen LogP contribution is 2.34. The van der Waals surface area contributed by atoms with E-state index in [1.54, 1.807) is 12.1 Å².